The third-order valence-electron chi connectivity index (χ3n) is 3.95. The van der Waals surface area contributed by atoms with Crippen LogP contribution >= 0.6 is 0 Å². The van der Waals surface area contributed by atoms with Gasteiger partial charge in [0.25, 0.3) is 0 Å². The molecule has 0 radical (unpaired) electrons. The lowest BCUT2D eigenvalue weighted by Crippen LogP contribution is -2.47. The lowest BCUT2D eigenvalue weighted by molar-refractivity contribution is -0.163. The molecule has 4 heteroatoms. The van der Waals surface area contributed by atoms with E-state index < -0.39 is 0 Å². The molecule has 0 aromatic rings. The highest BCUT2D eigenvalue weighted by Crippen LogP contribution is 2.39. The minimum absolute atomic E-state index is 0.182. The van der Waals surface area contributed by atoms with E-state index in [9.17, 15) is 0 Å². The SMILES string of the molecule is C1CCC2(C1)OCC(CN1CCNCC1)O2. The molecule has 0 aromatic heterocycles. The quantitative estimate of drug-likeness (QED) is 0.747. The topological polar surface area (TPSA) is 33.7 Å². The number of piperazine rings is 1. The molecule has 3 rings (SSSR count). The van der Waals surface area contributed by atoms with E-state index in [-0.39, 0.29) is 5.79 Å². The van der Waals surface area contributed by atoms with E-state index >= 15 is 0 Å². The van der Waals surface area contributed by atoms with Crippen LogP contribution in [-0.4, -0.2) is 56.1 Å². The van der Waals surface area contributed by atoms with Crippen molar-refractivity contribution in [1.29, 1.82) is 0 Å². The number of nitrogens with one attached hydrogen (secondary N) is 1. The minimum atomic E-state index is -0.182. The van der Waals surface area contributed by atoms with Crippen molar-refractivity contribution in [1.82, 2.24) is 10.2 Å². The molecule has 0 amide bonds. The summed E-state index contributed by atoms with van der Waals surface area (Å²) in [5.41, 5.74) is 0. The van der Waals surface area contributed by atoms with E-state index in [1.807, 2.05) is 0 Å². The standard InChI is InChI=1S/C12H22N2O2/c1-2-4-12(3-1)15-10-11(16-12)9-14-7-5-13-6-8-14/h11,13H,1-10H2. The summed E-state index contributed by atoms with van der Waals surface area (Å²) in [5, 5.41) is 3.37. The molecule has 1 unspecified atom stereocenters. The number of nitrogens with zero attached hydrogens (tertiary/aromatic N) is 1. The molecule has 1 atom stereocenters. The molecule has 0 aromatic carbocycles. The summed E-state index contributed by atoms with van der Waals surface area (Å²) >= 11 is 0. The maximum absolute atomic E-state index is 6.13. The first-order valence-electron chi connectivity index (χ1n) is 6.61. The van der Waals surface area contributed by atoms with Crippen molar-refractivity contribution < 1.29 is 9.47 Å². The van der Waals surface area contributed by atoms with Gasteiger partial charge in [0.1, 0.15) is 0 Å². The second-order valence-corrected chi connectivity index (χ2v) is 5.22. The molecule has 3 aliphatic rings. The van der Waals surface area contributed by atoms with Crippen molar-refractivity contribution in [2.75, 3.05) is 39.3 Å². The van der Waals surface area contributed by atoms with Crippen LogP contribution in [0.4, 0.5) is 0 Å². The first-order chi connectivity index (χ1) is 7.86. The highest BCUT2D eigenvalue weighted by Gasteiger charge is 2.43. The Morgan fingerprint density at radius 3 is 2.69 bits per heavy atom. The first kappa shape index (κ1) is 11.0. The number of hydrogen-bond donors (Lipinski definition) is 1. The van der Waals surface area contributed by atoms with Crippen LogP contribution in [0.3, 0.4) is 0 Å². The van der Waals surface area contributed by atoms with Gasteiger partial charge >= 0.3 is 0 Å². The lowest BCUT2D eigenvalue weighted by atomic mass is 10.2. The van der Waals surface area contributed by atoms with Crippen LogP contribution in [0.2, 0.25) is 0 Å². The highest BCUT2D eigenvalue weighted by molar-refractivity contribution is 4.85. The zero-order chi connectivity index (χ0) is 10.8. The monoisotopic (exact) mass is 226 g/mol. The molecule has 16 heavy (non-hydrogen) atoms. The number of hydrogen-bond acceptors (Lipinski definition) is 4. The van der Waals surface area contributed by atoms with Crippen LogP contribution in [0.1, 0.15) is 25.7 Å². The van der Waals surface area contributed by atoms with Crippen molar-refractivity contribution in [3.8, 4) is 0 Å². The smallest absolute Gasteiger partial charge is 0.168 e. The Hall–Kier alpha value is -0.160. The molecule has 0 bridgehead atoms. The fourth-order valence-electron chi connectivity index (χ4n) is 3.06. The average molecular weight is 226 g/mol. The molecule has 2 heterocycles. The molecule has 2 saturated heterocycles. The molecule has 2 aliphatic heterocycles. The van der Waals surface area contributed by atoms with Gasteiger partial charge < -0.3 is 14.8 Å². The Balaban J connectivity index is 1.49. The third-order valence-corrected chi connectivity index (χ3v) is 3.95. The van der Waals surface area contributed by atoms with Gasteiger partial charge in [0.05, 0.1) is 12.7 Å². The Labute approximate surface area is 97.3 Å². The van der Waals surface area contributed by atoms with Gasteiger partial charge in [0.15, 0.2) is 5.79 Å². The maximum Gasteiger partial charge on any atom is 0.168 e. The van der Waals surface area contributed by atoms with E-state index in [0.717, 1.165) is 52.2 Å². The Morgan fingerprint density at radius 2 is 1.94 bits per heavy atom. The van der Waals surface area contributed by atoms with E-state index in [0.29, 0.717) is 6.10 Å². The van der Waals surface area contributed by atoms with Crippen LogP contribution in [0, 0.1) is 0 Å². The molecule has 1 saturated carbocycles. The van der Waals surface area contributed by atoms with Gasteiger partial charge in [0.2, 0.25) is 0 Å². The van der Waals surface area contributed by atoms with Crippen LogP contribution in [-0.2, 0) is 9.47 Å². The normalized spacial score (nSPS) is 34.9. The van der Waals surface area contributed by atoms with Crippen molar-refractivity contribution in [3.05, 3.63) is 0 Å². The van der Waals surface area contributed by atoms with E-state index in [1.54, 1.807) is 0 Å². The van der Waals surface area contributed by atoms with Gasteiger partial charge in [-0.25, -0.2) is 0 Å². The van der Waals surface area contributed by atoms with Gasteiger partial charge in [-0.2, -0.15) is 0 Å². The predicted octanol–water partition coefficient (Wildman–Crippen LogP) is 0.577. The third kappa shape index (κ3) is 2.25. The van der Waals surface area contributed by atoms with Crippen molar-refractivity contribution in [3.63, 3.8) is 0 Å². The molecular weight excluding hydrogens is 204 g/mol. The summed E-state index contributed by atoms with van der Waals surface area (Å²) in [7, 11) is 0. The summed E-state index contributed by atoms with van der Waals surface area (Å²) in [4.78, 5) is 2.48. The second kappa shape index (κ2) is 4.61. The molecule has 1 spiro atoms. The Morgan fingerprint density at radius 1 is 1.19 bits per heavy atom. The summed E-state index contributed by atoms with van der Waals surface area (Å²) in [5.74, 6) is -0.182. The number of ether oxygens (including phenoxy) is 2. The summed E-state index contributed by atoms with van der Waals surface area (Å²) < 4.78 is 12.0. The maximum atomic E-state index is 6.13. The van der Waals surface area contributed by atoms with Gasteiger partial charge in [-0.3, -0.25) is 4.90 Å². The molecule has 1 aliphatic carbocycles. The predicted molar refractivity (Wildman–Crippen MR) is 61.3 cm³/mol. The number of rotatable bonds is 2. The van der Waals surface area contributed by atoms with Gasteiger partial charge in [-0.1, -0.05) is 0 Å². The molecule has 1 N–H and O–H groups in total. The zero-order valence-electron chi connectivity index (χ0n) is 9.91. The van der Waals surface area contributed by atoms with E-state index in [4.69, 9.17) is 9.47 Å². The van der Waals surface area contributed by atoms with Gasteiger partial charge in [0, 0.05) is 45.6 Å². The zero-order valence-corrected chi connectivity index (χ0v) is 9.91. The molecule has 4 nitrogen and oxygen atoms in total. The fourth-order valence-corrected chi connectivity index (χ4v) is 3.06. The van der Waals surface area contributed by atoms with Crippen molar-refractivity contribution in [2.45, 2.75) is 37.6 Å². The van der Waals surface area contributed by atoms with Gasteiger partial charge in [-0.05, 0) is 12.8 Å². The molecular formula is C12H22N2O2. The van der Waals surface area contributed by atoms with Crippen LogP contribution in [0.5, 0.6) is 0 Å². The second-order valence-electron chi connectivity index (χ2n) is 5.22. The van der Waals surface area contributed by atoms with Crippen LogP contribution < -0.4 is 5.32 Å². The fraction of sp³-hybridized carbons (Fsp3) is 1.00. The van der Waals surface area contributed by atoms with Crippen LogP contribution in [0.15, 0.2) is 0 Å². The first-order valence-corrected chi connectivity index (χ1v) is 6.61. The average Bonchev–Trinajstić information content (AvgIpc) is 2.92. The largest absolute Gasteiger partial charge is 0.347 e. The summed E-state index contributed by atoms with van der Waals surface area (Å²) in [6.45, 7) is 6.35. The Kier molecular flexibility index (Phi) is 3.16. The van der Waals surface area contributed by atoms with Crippen LogP contribution in [0.25, 0.3) is 0 Å². The van der Waals surface area contributed by atoms with Crippen molar-refractivity contribution in [2.24, 2.45) is 0 Å². The summed E-state index contributed by atoms with van der Waals surface area (Å²) in [6.07, 6.45) is 5.03. The molecule has 3 fully saturated rings. The van der Waals surface area contributed by atoms with Crippen molar-refractivity contribution >= 4 is 0 Å². The molecule has 92 valence electrons. The van der Waals surface area contributed by atoms with Gasteiger partial charge in [-0.15, -0.1) is 0 Å². The summed E-state index contributed by atoms with van der Waals surface area (Å²) in [6, 6.07) is 0. The van der Waals surface area contributed by atoms with E-state index in [1.165, 1.54) is 12.8 Å². The van der Waals surface area contributed by atoms with E-state index in [2.05, 4.69) is 10.2 Å². The Bertz CT molecular complexity index is 235. The minimum Gasteiger partial charge on any atom is -0.347 e. The highest BCUT2D eigenvalue weighted by atomic mass is 16.7. The lowest BCUT2D eigenvalue weighted by Gasteiger charge is -2.29.